The summed E-state index contributed by atoms with van der Waals surface area (Å²) in [6.45, 7) is 4.02. The van der Waals surface area contributed by atoms with Crippen LogP contribution < -0.4 is 27.4 Å². The summed E-state index contributed by atoms with van der Waals surface area (Å²) in [5.74, 6) is -3.34. The number of rotatable bonds is 17. The van der Waals surface area contributed by atoms with Crippen LogP contribution in [0.2, 0.25) is 0 Å². The minimum Gasteiger partial charge on any atom is -0.508 e. The Morgan fingerprint density at radius 1 is 0.886 bits per heavy atom. The molecule has 0 aliphatic heterocycles. The Labute approximate surface area is 257 Å². The molecule has 5 atom stereocenters. The fourth-order valence-corrected chi connectivity index (χ4v) is 4.93. The highest BCUT2D eigenvalue weighted by molar-refractivity contribution is 5.95. The Kier molecular flexibility index (Phi) is 12.7. The van der Waals surface area contributed by atoms with E-state index in [1.807, 2.05) is 31.2 Å². The quantitative estimate of drug-likeness (QED) is 0.105. The number of aromatic hydroxyl groups is 1. The maximum Gasteiger partial charge on any atom is 0.326 e. The number of aromatic nitrogens is 1. The molecule has 3 amide bonds. The molecule has 0 radical (unpaired) electrons. The molecule has 0 saturated carbocycles. The fraction of sp³-hybridized carbons (Fsp3) is 0.438. The third-order valence-corrected chi connectivity index (χ3v) is 7.82. The van der Waals surface area contributed by atoms with Crippen molar-refractivity contribution in [2.24, 2.45) is 17.4 Å². The number of H-pyrrole nitrogens is 1. The average molecular weight is 609 g/mol. The topological polar surface area (TPSA) is 213 Å². The van der Waals surface area contributed by atoms with Crippen molar-refractivity contribution in [3.05, 3.63) is 65.9 Å². The van der Waals surface area contributed by atoms with Gasteiger partial charge in [-0.25, -0.2) is 4.79 Å². The molecule has 0 saturated heterocycles. The predicted molar refractivity (Wildman–Crippen MR) is 168 cm³/mol. The Bertz CT molecular complexity index is 1410. The van der Waals surface area contributed by atoms with E-state index in [1.54, 1.807) is 25.3 Å². The molecule has 0 aliphatic rings. The summed E-state index contributed by atoms with van der Waals surface area (Å²) in [6.07, 6.45) is 4.15. The van der Waals surface area contributed by atoms with Gasteiger partial charge in [0.25, 0.3) is 0 Å². The van der Waals surface area contributed by atoms with Gasteiger partial charge < -0.3 is 42.6 Å². The molecule has 1 heterocycles. The number of carbonyl (C=O) groups excluding carboxylic acids is 3. The third kappa shape index (κ3) is 9.55. The lowest BCUT2D eigenvalue weighted by Gasteiger charge is -2.27. The first-order valence-electron chi connectivity index (χ1n) is 15.0. The Hall–Kier alpha value is -4.42. The van der Waals surface area contributed by atoms with Crippen molar-refractivity contribution >= 4 is 34.6 Å². The minimum atomic E-state index is -1.18. The number of carbonyl (C=O) groups is 4. The van der Waals surface area contributed by atoms with E-state index in [1.165, 1.54) is 12.1 Å². The van der Waals surface area contributed by atoms with E-state index < -0.39 is 47.9 Å². The number of unbranched alkanes of at least 4 members (excludes halogenated alkanes) is 1. The molecule has 12 heteroatoms. The van der Waals surface area contributed by atoms with E-state index in [0.29, 0.717) is 37.8 Å². The molecule has 12 nitrogen and oxygen atoms in total. The van der Waals surface area contributed by atoms with E-state index in [9.17, 15) is 29.4 Å². The maximum atomic E-state index is 13.9. The zero-order valence-electron chi connectivity index (χ0n) is 25.2. The number of phenolic OH excluding ortho intramolecular Hbond substituents is 1. The number of carboxylic acid groups (broad SMARTS) is 1. The monoisotopic (exact) mass is 608 g/mol. The molecule has 44 heavy (non-hydrogen) atoms. The van der Waals surface area contributed by atoms with Gasteiger partial charge in [-0.3, -0.25) is 14.4 Å². The molecule has 3 rings (SSSR count). The maximum absolute atomic E-state index is 13.9. The van der Waals surface area contributed by atoms with Crippen LogP contribution in [0.5, 0.6) is 5.75 Å². The summed E-state index contributed by atoms with van der Waals surface area (Å²) in [4.78, 5) is 55.6. The van der Waals surface area contributed by atoms with Crippen molar-refractivity contribution in [1.82, 2.24) is 20.9 Å². The standard InChI is InChI=1S/C32H44N6O6/c1-3-19(2)28(32(43)44)38-31(42)26(16-20-11-13-22(39)14-12-20)37-30(41)27(36-29(40)24(34)9-6-7-15-33)17-21-18-35-25-10-5-4-8-23(21)25/h4-5,8,10-14,18-19,24,26-28,35,39H,3,6-7,9,15-17,33-34H2,1-2H3,(H,36,40)(H,37,41)(H,38,42)(H,43,44). The summed E-state index contributed by atoms with van der Waals surface area (Å²) in [7, 11) is 0. The number of benzene rings is 2. The lowest BCUT2D eigenvalue weighted by Crippen LogP contribution is -2.58. The van der Waals surface area contributed by atoms with E-state index in [4.69, 9.17) is 11.5 Å². The van der Waals surface area contributed by atoms with Crippen LogP contribution in [-0.2, 0) is 32.0 Å². The van der Waals surface area contributed by atoms with Crippen molar-refractivity contribution in [3.8, 4) is 5.75 Å². The zero-order chi connectivity index (χ0) is 32.2. The van der Waals surface area contributed by atoms with Crippen LogP contribution >= 0.6 is 0 Å². The van der Waals surface area contributed by atoms with Gasteiger partial charge in [-0.2, -0.15) is 0 Å². The number of phenols is 1. The highest BCUT2D eigenvalue weighted by Crippen LogP contribution is 2.20. The number of aliphatic carboxylic acids is 1. The molecule has 5 unspecified atom stereocenters. The number of hydrogen-bond acceptors (Lipinski definition) is 7. The van der Waals surface area contributed by atoms with Gasteiger partial charge in [0, 0.05) is 29.9 Å². The van der Waals surface area contributed by atoms with Crippen molar-refractivity contribution in [3.63, 3.8) is 0 Å². The normalized spacial score (nSPS) is 14.6. The van der Waals surface area contributed by atoms with Gasteiger partial charge in [-0.05, 0) is 54.6 Å². The molecule has 0 bridgehead atoms. The van der Waals surface area contributed by atoms with Gasteiger partial charge in [-0.15, -0.1) is 0 Å². The van der Waals surface area contributed by atoms with Crippen LogP contribution in [0.4, 0.5) is 0 Å². The van der Waals surface area contributed by atoms with Crippen LogP contribution in [0, 0.1) is 5.92 Å². The van der Waals surface area contributed by atoms with Crippen molar-refractivity contribution in [2.75, 3.05) is 6.54 Å². The first-order valence-corrected chi connectivity index (χ1v) is 15.0. The second-order valence-electron chi connectivity index (χ2n) is 11.2. The molecule has 1 aromatic heterocycles. The Balaban J connectivity index is 1.89. The Morgan fingerprint density at radius 2 is 1.52 bits per heavy atom. The second kappa shape index (κ2) is 16.4. The first kappa shape index (κ1) is 34.1. The first-order chi connectivity index (χ1) is 21.0. The highest BCUT2D eigenvalue weighted by atomic mass is 16.4. The van der Waals surface area contributed by atoms with Crippen molar-refractivity contribution in [1.29, 1.82) is 0 Å². The SMILES string of the molecule is CCC(C)C(NC(=O)C(Cc1ccc(O)cc1)NC(=O)C(Cc1c[nH]c2ccccc12)NC(=O)C(N)CCCCN)C(=O)O. The summed E-state index contributed by atoms with van der Waals surface area (Å²) in [5, 5.41) is 28.4. The van der Waals surface area contributed by atoms with Gasteiger partial charge in [0.05, 0.1) is 6.04 Å². The largest absolute Gasteiger partial charge is 0.508 e. The number of carboxylic acids is 1. The molecule has 2 aromatic carbocycles. The van der Waals surface area contributed by atoms with Crippen LogP contribution in [0.15, 0.2) is 54.7 Å². The van der Waals surface area contributed by atoms with Gasteiger partial charge >= 0.3 is 5.97 Å². The van der Waals surface area contributed by atoms with E-state index in [-0.39, 0.29) is 24.5 Å². The number of nitrogens with one attached hydrogen (secondary N) is 4. The molecule has 3 aromatic rings. The van der Waals surface area contributed by atoms with Gasteiger partial charge in [0.15, 0.2) is 0 Å². The zero-order valence-corrected chi connectivity index (χ0v) is 25.2. The van der Waals surface area contributed by atoms with E-state index in [2.05, 4.69) is 20.9 Å². The number of hydrogen-bond donors (Lipinski definition) is 8. The summed E-state index contributed by atoms with van der Waals surface area (Å²) in [5.41, 5.74) is 14.0. The van der Waals surface area contributed by atoms with E-state index >= 15 is 0 Å². The minimum absolute atomic E-state index is 0.0110. The second-order valence-corrected chi connectivity index (χ2v) is 11.2. The Morgan fingerprint density at radius 3 is 2.18 bits per heavy atom. The number of amides is 3. The van der Waals surface area contributed by atoms with Gasteiger partial charge in [-0.1, -0.05) is 57.0 Å². The van der Waals surface area contributed by atoms with Crippen LogP contribution in [0.3, 0.4) is 0 Å². The lowest BCUT2D eigenvalue weighted by atomic mass is 9.97. The highest BCUT2D eigenvalue weighted by Gasteiger charge is 2.32. The fourth-order valence-electron chi connectivity index (χ4n) is 4.93. The van der Waals surface area contributed by atoms with Crippen molar-refractivity contribution < 1.29 is 29.4 Å². The third-order valence-electron chi connectivity index (χ3n) is 7.82. The number of fused-ring (bicyclic) bond motifs is 1. The molecular weight excluding hydrogens is 564 g/mol. The molecule has 0 aliphatic carbocycles. The number of aromatic amines is 1. The smallest absolute Gasteiger partial charge is 0.326 e. The number of para-hydroxylation sites is 1. The molecule has 0 spiro atoms. The molecule has 10 N–H and O–H groups in total. The molecular formula is C32H44N6O6. The van der Waals surface area contributed by atoms with Crippen LogP contribution in [0.1, 0.15) is 50.7 Å². The summed E-state index contributed by atoms with van der Waals surface area (Å²) < 4.78 is 0. The lowest BCUT2D eigenvalue weighted by molar-refractivity contribution is -0.143. The van der Waals surface area contributed by atoms with Crippen molar-refractivity contribution in [2.45, 2.75) is 76.5 Å². The van der Waals surface area contributed by atoms with Crippen LogP contribution in [0.25, 0.3) is 10.9 Å². The predicted octanol–water partition coefficient (Wildman–Crippen LogP) is 1.70. The molecule has 0 fully saturated rings. The van der Waals surface area contributed by atoms with Gasteiger partial charge in [0.1, 0.15) is 23.9 Å². The average Bonchev–Trinajstić information content (AvgIpc) is 3.42. The summed E-state index contributed by atoms with van der Waals surface area (Å²) >= 11 is 0. The van der Waals surface area contributed by atoms with Crippen LogP contribution in [-0.4, -0.2) is 69.6 Å². The van der Waals surface area contributed by atoms with Gasteiger partial charge in [0.2, 0.25) is 17.7 Å². The van der Waals surface area contributed by atoms with E-state index in [0.717, 1.165) is 16.5 Å². The summed E-state index contributed by atoms with van der Waals surface area (Å²) in [6, 6.07) is 9.37. The number of nitrogens with two attached hydrogens (primary N) is 2. The molecule has 238 valence electrons.